The van der Waals surface area contributed by atoms with Crippen LogP contribution in [0.2, 0.25) is 0 Å². The minimum absolute atomic E-state index is 0.265. The van der Waals surface area contributed by atoms with Gasteiger partial charge < -0.3 is 10.2 Å². The Hall–Kier alpha value is -3.59. The van der Waals surface area contributed by atoms with Gasteiger partial charge >= 0.3 is 5.97 Å². The molecule has 29 heavy (non-hydrogen) atoms. The number of aromatic hydroxyl groups is 1. The third-order valence-corrected chi connectivity index (χ3v) is 5.27. The van der Waals surface area contributed by atoms with E-state index < -0.39 is 5.97 Å². The average Bonchev–Trinajstić information content (AvgIpc) is 2.92. The van der Waals surface area contributed by atoms with Crippen molar-refractivity contribution in [1.29, 1.82) is 0 Å². The van der Waals surface area contributed by atoms with E-state index in [1.165, 1.54) is 22.3 Å². The maximum atomic E-state index is 10.8. The van der Waals surface area contributed by atoms with Gasteiger partial charge in [-0.3, -0.25) is 0 Å². The number of fused-ring (bicyclic) bond motifs is 1. The van der Waals surface area contributed by atoms with Crippen LogP contribution in [0.15, 0.2) is 78.9 Å². The summed E-state index contributed by atoms with van der Waals surface area (Å²) >= 11 is 0. The van der Waals surface area contributed by atoms with Crippen LogP contribution in [0.3, 0.4) is 0 Å². The quantitative estimate of drug-likeness (QED) is 0.562. The Morgan fingerprint density at radius 1 is 0.862 bits per heavy atom. The number of benzene rings is 3. The molecule has 0 heterocycles. The Balaban J connectivity index is 1.89. The van der Waals surface area contributed by atoms with Gasteiger partial charge in [0.2, 0.25) is 0 Å². The Morgan fingerprint density at radius 2 is 1.66 bits per heavy atom. The molecule has 3 heteroatoms. The molecule has 3 aromatic carbocycles. The second kappa shape index (κ2) is 8.19. The molecule has 1 aliphatic carbocycles. The monoisotopic (exact) mass is 382 g/mol. The lowest BCUT2D eigenvalue weighted by molar-refractivity contribution is -0.131. The van der Waals surface area contributed by atoms with Crippen molar-refractivity contribution in [1.82, 2.24) is 0 Å². The first-order chi connectivity index (χ1) is 14.1. The van der Waals surface area contributed by atoms with Crippen molar-refractivity contribution in [3.63, 3.8) is 0 Å². The molecule has 0 aliphatic heterocycles. The largest absolute Gasteiger partial charge is 0.508 e. The fourth-order valence-corrected chi connectivity index (χ4v) is 3.97. The van der Waals surface area contributed by atoms with Crippen molar-refractivity contribution in [3.05, 3.63) is 107 Å². The molecule has 144 valence electrons. The lowest BCUT2D eigenvalue weighted by Gasteiger charge is -2.17. The Kier molecular flexibility index (Phi) is 5.30. The molecule has 3 aromatic rings. The number of carbonyl (C=O) groups is 1. The fourth-order valence-electron chi connectivity index (χ4n) is 3.97. The van der Waals surface area contributed by atoms with Gasteiger partial charge in [-0.2, -0.15) is 0 Å². The van der Waals surface area contributed by atoms with Crippen molar-refractivity contribution in [2.45, 2.75) is 19.3 Å². The number of allylic oxidation sites excluding steroid dienone is 1. The van der Waals surface area contributed by atoms with E-state index >= 15 is 0 Å². The van der Waals surface area contributed by atoms with Gasteiger partial charge in [0.05, 0.1) is 0 Å². The molecule has 0 aromatic heterocycles. The van der Waals surface area contributed by atoms with E-state index in [4.69, 9.17) is 5.11 Å². The van der Waals surface area contributed by atoms with Gasteiger partial charge in [0.15, 0.2) is 0 Å². The summed E-state index contributed by atoms with van der Waals surface area (Å²) in [6, 6.07) is 23.9. The predicted molar refractivity (Wildman–Crippen MR) is 117 cm³/mol. The van der Waals surface area contributed by atoms with E-state index in [1.54, 1.807) is 12.1 Å². The molecule has 3 nitrogen and oxygen atoms in total. The van der Waals surface area contributed by atoms with Crippen LogP contribution in [-0.4, -0.2) is 16.2 Å². The van der Waals surface area contributed by atoms with Crippen molar-refractivity contribution in [2.75, 3.05) is 0 Å². The van der Waals surface area contributed by atoms with Crippen LogP contribution in [0, 0.1) is 0 Å². The van der Waals surface area contributed by atoms with Gasteiger partial charge in [0.25, 0.3) is 0 Å². The molecule has 0 unspecified atom stereocenters. The highest BCUT2D eigenvalue weighted by atomic mass is 16.4. The zero-order valence-corrected chi connectivity index (χ0v) is 16.0. The summed E-state index contributed by atoms with van der Waals surface area (Å²) in [4.78, 5) is 10.8. The van der Waals surface area contributed by atoms with E-state index in [0.29, 0.717) is 0 Å². The summed E-state index contributed by atoms with van der Waals surface area (Å²) in [6.07, 6.45) is 5.73. The van der Waals surface area contributed by atoms with Gasteiger partial charge in [0.1, 0.15) is 5.75 Å². The molecule has 0 fully saturated rings. The maximum Gasteiger partial charge on any atom is 0.328 e. The molecule has 0 atom stereocenters. The normalized spacial score (nSPS) is 13.9. The van der Waals surface area contributed by atoms with E-state index in [1.807, 2.05) is 42.5 Å². The van der Waals surface area contributed by atoms with Crippen molar-refractivity contribution < 1.29 is 15.0 Å². The number of aliphatic carboxylic acids is 1. The third kappa shape index (κ3) is 4.14. The van der Waals surface area contributed by atoms with Crippen molar-refractivity contribution in [2.24, 2.45) is 0 Å². The molecule has 0 saturated carbocycles. The Labute approximate surface area is 170 Å². The smallest absolute Gasteiger partial charge is 0.328 e. The van der Waals surface area contributed by atoms with Crippen molar-refractivity contribution >= 4 is 23.2 Å². The van der Waals surface area contributed by atoms with Crippen LogP contribution in [0.4, 0.5) is 0 Å². The zero-order valence-electron chi connectivity index (χ0n) is 16.0. The molecule has 4 rings (SSSR count). The highest BCUT2D eigenvalue weighted by Gasteiger charge is 2.20. The van der Waals surface area contributed by atoms with E-state index in [-0.39, 0.29) is 5.75 Å². The van der Waals surface area contributed by atoms with Crippen LogP contribution in [0.25, 0.3) is 17.2 Å². The number of aryl methyl sites for hydroxylation is 1. The van der Waals surface area contributed by atoms with Gasteiger partial charge in [-0.1, -0.05) is 60.7 Å². The minimum atomic E-state index is -0.958. The molecule has 0 amide bonds. The Morgan fingerprint density at radius 3 is 2.41 bits per heavy atom. The summed E-state index contributed by atoms with van der Waals surface area (Å²) in [5.41, 5.74) is 7.91. The minimum Gasteiger partial charge on any atom is -0.508 e. The standard InChI is InChI=1S/C26H22O3/c27-22-8-3-7-21(17-22)24-10-4-6-19-5-1-2-9-23(19)26(24)20-14-11-18(12-15-20)13-16-25(28)29/h1-3,5,7-9,11-17,27H,4,6,10H2,(H,28,29). The van der Waals surface area contributed by atoms with Crippen LogP contribution < -0.4 is 0 Å². The first-order valence-electron chi connectivity index (χ1n) is 9.74. The second-order valence-electron chi connectivity index (χ2n) is 7.21. The first-order valence-corrected chi connectivity index (χ1v) is 9.74. The SMILES string of the molecule is O=C(O)C=Cc1ccc(C2=C(c3cccc(O)c3)CCCc3ccccc32)cc1. The summed E-state index contributed by atoms with van der Waals surface area (Å²) in [5.74, 6) is -0.693. The van der Waals surface area contributed by atoms with Gasteiger partial charge in [0, 0.05) is 6.08 Å². The van der Waals surface area contributed by atoms with E-state index in [0.717, 1.165) is 42.0 Å². The molecule has 0 spiro atoms. The van der Waals surface area contributed by atoms with Gasteiger partial charge in [-0.05, 0) is 76.4 Å². The van der Waals surface area contributed by atoms with E-state index in [2.05, 4.69) is 24.3 Å². The average molecular weight is 382 g/mol. The molecular weight excluding hydrogens is 360 g/mol. The number of rotatable bonds is 4. The van der Waals surface area contributed by atoms with E-state index in [9.17, 15) is 9.90 Å². The van der Waals surface area contributed by atoms with Crippen molar-refractivity contribution in [3.8, 4) is 5.75 Å². The number of carboxylic acid groups (broad SMARTS) is 1. The third-order valence-electron chi connectivity index (χ3n) is 5.27. The number of phenolic OH excluding ortho intramolecular Hbond substituents is 1. The highest BCUT2D eigenvalue weighted by molar-refractivity contribution is 6.00. The lowest BCUT2D eigenvalue weighted by Crippen LogP contribution is -1.96. The summed E-state index contributed by atoms with van der Waals surface area (Å²) in [6.45, 7) is 0. The second-order valence-corrected chi connectivity index (χ2v) is 7.21. The van der Waals surface area contributed by atoms with Crippen LogP contribution >= 0.6 is 0 Å². The number of hydrogen-bond donors (Lipinski definition) is 2. The fraction of sp³-hybridized carbons (Fsp3) is 0.115. The van der Waals surface area contributed by atoms with Crippen LogP contribution in [0.1, 0.15) is 40.7 Å². The highest BCUT2D eigenvalue weighted by Crippen LogP contribution is 2.40. The molecule has 1 aliphatic rings. The number of phenols is 1. The molecule has 0 bridgehead atoms. The molecule has 2 N–H and O–H groups in total. The topological polar surface area (TPSA) is 57.5 Å². The van der Waals surface area contributed by atoms with Crippen LogP contribution in [-0.2, 0) is 11.2 Å². The first kappa shape index (κ1) is 18.8. The molecule has 0 saturated heterocycles. The lowest BCUT2D eigenvalue weighted by atomic mass is 9.87. The van der Waals surface area contributed by atoms with Crippen LogP contribution in [0.5, 0.6) is 5.75 Å². The number of carboxylic acids is 1. The summed E-state index contributed by atoms with van der Waals surface area (Å²) in [5, 5.41) is 18.9. The van der Waals surface area contributed by atoms with Gasteiger partial charge in [-0.25, -0.2) is 4.79 Å². The summed E-state index contributed by atoms with van der Waals surface area (Å²) < 4.78 is 0. The van der Waals surface area contributed by atoms with Gasteiger partial charge in [-0.15, -0.1) is 0 Å². The number of hydrogen-bond acceptors (Lipinski definition) is 2. The molecule has 0 radical (unpaired) electrons. The maximum absolute atomic E-state index is 10.8. The zero-order chi connectivity index (χ0) is 20.2. The summed E-state index contributed by atoms with van der Waals surface area (Å²) in [7, 11) is 0. The molecular formula is C26H22O3. The predicted octanol–water partition coefficient (Wildman–Crippen LogP) is 5.79. The Bertz CT molecular complexity index is 1100.